The normalized spacial score (nSPS) is 13.9. The highest BCUT2D eigenvalue weighted by atomic mass is 16.4. The van der Waals surface area contributed by atoms with Crippen LogP contribution in [0.1, 0.15) is 73.4 Å². The van der Waals surface area contributed by atoms with Gasteiger partial charge in [-0.2, -0.15) is 0 Å². The van der Waals surface area contributed by atoms with Gasteiger partial charge >= 0.3 is 5.97 Å². The molecule has 0 aliphatic heterocycles. The van der Waals surface area contributed by atoms with E-state index in [1.54, 1.807) is 11.0 Å². The van der Waals surface area contributed by atoms with Gasteiger partial charge in [-0.05, 0) is 60.1 Å². The fourth-order valence-corrected chi connectivity index (χ4v) is 4.97. The van der Waals surface area contributed by atoms with Crippen LogP contribution in [0.25, 0.3) is 11.1 Å². The predicted molar refractivity (Wildman–Crippen MR) is 143 cm³/mol. The van der Waals surface area contributed by atoms with Crippen molar-refractivity contribution in [1.29, 1.82) is 0 Å². The molecule has 0 spiro atoms. The first-order chi connectivity index (χ1) is 17.5. The number of carboxylic acid groups (broad SMARTS) is 1. The number of benzene rings is 3. The van der Waals surface area contributed by atoms with Crippen LogP contribution in [0.3, 0.4) is 0 Å². The standard InChI is InChI=1S/C31H35NO4/c1-2-3-7-22-10-14-24(15-11-22)25-16-12-23(13-17-25)21-32(30(34)26-8-5-4-6-9-26)27-18-19-28(31(35)36)29(33)20-27/h10-20,26,33H,2-9,21H2,1H3,(H,35,36). The number of hydrogen-bond donors (Lipinski definition) is 2. The van der Waals surface area contributed by atoms with Gasteiger partial charge in [0.25, 0.3) is 0 Å². The van der Waals surface area contributed by atoms with Gasteiger partial charge in [0.05, 0.1) is 6.54 Å². The third-order valence-corrected chi connectivity index (χ3v) is 7.14. The first kappa shape index (κ1) is 25.5. The summed E-state index contributed by atoms with van der Waals surface area (Å²) in [5.41, 5.74) is 4.95. The lowest BCUT2D eigenvalue weighted by Crippen LogP contribution is -2.36. The van der Waals surface area contributed by atoms with Gasteiger partial charge < -0.3 is 15.1 Å². The highest BCUT2D eigenvalue weighted by molar-refractivity contribution is 5.97. The number of unbranched alkanes of at least 4 members (excludes halogenated alkanes) is 1. The molecule has 1 aliphatic rings. The fourth-order valence-electron chi connectivity index (χ4n) is 4.97. The summed E-state index contributed by atoms with van der Waals surface area (Å²) >= 11 is 0. The molecule has 0 saturated heterocycles. The van der Waals surface area contributed by atoms with E-state index in [0.29, 0.717) is 12.2 Å². The summed E-state index contributed by atoms with van der Waals surface area (Å²) in [6, 6.07) is 21.3. The Hall–Kier alpha value is -3.60. The van der Waals surface area contributed by atoms with Gasteiger partial charge in [-0.1, -0.05) is 81.1 Å². The van der Waals surface area contributed by atoms with Crippen molar-refractivity contribution in [2.24, 2.45) is 5.92 Å². The minimum absolute atomic E-state index is 0.0314. The van der Waals surface area contributed by atoms with Crippen molar-refractivity contribution >= 4 is 17.6 Å². The summed E-state index contributed by atoms with van der Waals surface area (Å²) in [5, 5.41) is 19.6. The fraction of sp³-hybridized carbons (Fsp3) is 0.355. The molecular formula is C31H35NO4. The van der Waals surface area contributed by atoms with Crippen molar-refractivity contribution in [1.82, 2.24) is 0 Å². The van der Waals surface area contributed by atoms with Gasteiger partial charge in [0.1, 0.15) is 11.3 Å². The summed E-state index contributed by atoms with van der Waals surface area (Å²) in [6.07, 6.45) is 8.44. The Morgan fingerprint density at radius 2 is 1.47 bits per heavy atom. The van der Waals surface area contributed by atoms with Crippen molar-refractivity contribution < 1.29 is 19.8 Å². The number of aromatic carboxylic acids is 1. The van der Waals surface area contributed by atoms with Gasteiger partial charge in [-0.3, -0.25) is 4.79 Å². The molecule has 1 amide bonds. The zero-order valence-electron chi connectivity index (χ0n) is 21.0. The number of carboxylic acids is 1. The highest BCUT2D eigenvalue weighted by Gasteiger charge is 2.28. The Morgan fingerprint density at radius 1 is 0.861 bits per heavy atom. The van der Waals surface area contributed by atoms with Crippen LogP contribution in [0.5, 0.6) is 5.75 Å². The number of carbonyl (C=O) groups is 2. The zero-order valence-corrected chi connectivity index (χ0v) is 21.0. The van der Waals surface area contributed by atoms with Crippen LogP contribution in [-0.4, -0.2) is 22.1 Å². The molecule has 0 bridgehead atoms. The quantitative estimate of drug-likeness (QED) is 0.336. The minimum Gasteiger partial charge on any atom is -0.507 e. The number of rotatable bonds is 9. The maximum Gasteiger partial charge on any atom is 0.339 e. The molecule has 0 atom stereocenters. The molecule has 188 valence electrons. The number of phenols is 1. The molecule has 0 unspecified atom stereocenters. The Kier molecular flexibility index (Phi) is 8.42. The average Bonchev–Trinajstić information content (AvgIpc) is 2.91. The van der Waals surface area contributed by atoms with Crippen LogP contribution >= 0.6 is 0 Å². The van der Waals surface area contributed by atoms with Crippen LogP contribution < -0.4 is 4.90 Å². The molecule has 5 heteroatoms. The van der Waals surface area contributed by atoms with E-state index in [9.17, 15) is 19.8 Å². The van der Waals surface area contributed by atoms with E-state index in [2.05, 4.69) is 43.3 Å². The number of aryl methyl sites for hydroxylation is 1. The molecule has 36 heavy (non-hydrogen) atoms. The molecule has 2 N–H and O–H groups in total. The molecule has 0 heterocycles. The Labute approximate surface area is 213 Å². The topological polar surface area (TPSA) is 77.8 Å². The smallest absolute Gasteiger partial charge is 0.339 e. The molecule has 0 radical (unpaired) electrons. The second kappa shape index (κ2) is 11.9. The van der Waals surface area contributed by atoms with Crippen molar-refractivity contribution in [2.45, 2.75) is 64.8 Å². The molecule has 3 aromatic rings. The van der Waals surface area contributed by atoms with Gasteiger partial charge in [0.2, 0.25) is 5.91 Å². The van der Waals surface area contributed by atoms with Gasteiger partial charge in [-0.15, -0.1) is 0 Å². The van der Waals surface area contributed by atoms with Crippen molar-refractivity contribution in [2.75, 3.05) is 4.90 Å². The van der Waals surface area contributed by atoms with E-state index in [4.69, 9.17) is 0 Å². The average molecular weight is 486 g/mol. The molecular weight excluding hydrogens is 450 g/mol. The number of hydrogen-bond acceptors (Lipinski definition) is 3. The summed E-state index contributed by atoms with van der Waals surface area (Å²) in [5.74, 6) is -1.55. The van der Waals surface area contributed by atoms with Gasteiger partial charge in [0, 0.05) is 17.7 Å². The van der Waals surface area contributed by atoms with E-state index in [1.165, 1.54) is 30.5 Å². The summed E-state index contributed by atoms with van der Waals surface area (Å²) < 4.78 is 0. The first-order valence-corrected chi connectivity index (χ1v) is 13.0. The summed E-state index contributed by atoms with van der Waals surface area (Å²) in [6.45, 7) is 2.56. The summed E-state index contributed by atoms with van der Waals surface area (Å²) in [7, 11) is 0. The number of aromatic hydroxyl groups is 1. The SMILES string of the molecule is CCCCc1ccc(-c2ccc(CN(C(=O)C3CCCCC3)c3ccc(C(=O)O)c(O)c3)cc2)cc1. The lowest BCUT2D eigenvalue weighted by Gasteiger charge is -2.30. The zero-order chi connectivity index (χ0) is 25.5. The number of carbonyl (C=O) groups excluding carboxylic acids is 1. The molecule has 1 fully saturated rings. The monoisotopic (exact) mass is 485 g/mol. The highest BCUT2D eigenvalue weighted by Crippen LogP contribution is 2.32. The Balaban J connectivity index is 1.56. The molecule has 1 saturated carbocycles. The third kappa shape index (κ3) is 6.14. The van der Waals surface area contributed by atoms with Gasteiger partial charge in [-0.25, -0.2) is 4.79 Å². The molecule has 0 aromatic heterocycles. The number of nitrogens with zero attached hydrogens (tertiary/aromatic N) is 1. The van der Waals surface area contributed by atoms with E-state index < -0.39 is 5.97 Å². The minimum atomic E-state index is -1.20. The largest absolute Gasteiger partial charge is 0.507 e. The Bertz CT molecular complexity index is 1180. The van der Waals surface area contributed by atoms with Crippen LogP contribution in [-0.2, 0) is 17.8 Å². The van der Waals surface area contributed by atoms with Crippen molar-refractivity contribution in [3.8, 4) is 16.9 Å². The molecule has 3 aromatic carbocycles. The van der Waals surface area contributed by atoms with Crippen LogP contribution in [0.15, 0.2) is 66.7 Å². The lowest BCUT2D eigenvalue weighted by atomic mass is 9.88. The maximum atomic E-state index is 13.6. The van der Waals surface area contributed by atoms with E-state index in [1.807, 2.05) is 12.1 Å². The number of amides is 1. The van der Waals surface area contributed by atoms with Crippen molar-refractivity contribution in [3.63, 3.8) is 0 Å². The van der Waals surface area contributed by atoms with Crippen LogP contribution in [0, 0.1) is 5.92 Å². The third-order valence-electron chi connectivity index (χ3n) is 7.14. The first-order valence-electron chi connectivity index (χ1n) is 13.0. The maximum absolute atomic E-state index is 13.6. The predicted octanol–water partition coefficient (Wildman–Crippen LogP) is 7.21. The second-order valence-corrected chi connectivity index (χ2v) is 9.76. The van der Waals surface area contributed by atoms with Gasteiger partial charge in [0.15, 0.2) is 0 Å². The van der Waals surface area contributed by atoms with Crippen LogP contribution in [0.2, 0.25) is 0 Å². The van der Waals surface area contributed by atoms with E-state index in [0.717, 1.165) is 55.2 Å². The molecule has 5 nitrogen and oxygen atoms in total. The Morgan fingerprint density at radius 3 is 2.03 bits per heavy atom. The second-order valence-electron chi connectivity index (χ2n) is 9.76. The molecule has 1 aliphatic carbocycles. The van der Waals surface area contributed by atoms with Crippen molar-refractivity contribution in [3.05, 3.63) is 83.4 Å². The van der Waals surface area contributed by atoms with Crippen LogP contribution in [0.4, 0.5) is 5.69 Å². The molecule has 4 rings (SSSR count). The van der Waals surface area contributed by atoms with E-state index >= 15 is 0 Å². The van der Waals surface area contributed by atoms with E-state index in [-0.39, 0.29) is 23.1 Å². The number of anilines is 1. The lowest BCUT2D eigenvalue weighted by molar-refractivity contribution is -0.123. The summed E-state index contributed by atoms with van der Waals surface area (Å²) in [4.78, 5) is 26.6.